The van der Waals surface area contributed by atoms with Gasteiger partial charge in [-0.2, -0.15) is 4.98 Å². The van der Waals surface area contributed by atoms with E-state index in [4.69, 9.17) is 16.2 Å². The first-order valence-electron chi connectivity index (χ1n) is 11.0. The fourth-order valence-corrected chi connectivity index (χ4v) is 3.49. The number of ether oxygens (including phenoxy) is 1. The maximum Gasteiger partial charge on any atom is 0.355 e. The summed E-state index contributed by atoms with van der Waals surface area (Å²) in [6, 6.07) is 15.2. The predicted molar refractivity (Wildman–Crippen MR) is 134 cm³/mol. The molecule has 0 bridgehead atoms. The fourth-order valence-electron chi connectivity index (χ4n) is 3.49. The lowest BCUT2D eigenvalue weighted by Gasteiger charge is -2.22. The van der Waals surface area contributed by atoms with Gasteiger partial charge in [0.15, 0.2) is 5.96 Å². The number of hydrogen-bond acceptors (Lipinski definition) is 6. The lowest BCUT2D eigenvalue weighted by atomic mass is 10.1. The van der Waals surface area contributed by atoms with Crippen molar-refractivity contribution >= 4 is 11.9 Å². The second-order valence-electron chi connectivity index (χ2n) is 7.90. The Morgan fingerprint density at radius 2 is 1.53 bits per heavy atom. The lowest BCUT2D eigenvalue weighted by molar-refractivity contribution is 0.414. The second kappa shape index (κ2) is 11.2. The van der Waals surface area contributed by atoms with Gasteiger partial charge in [-0.1, -0.05) is 43.3 Å². The summed E-state index contributed by atoms with van der Waals surface area (Å²) in [5.41, 5.74) is 12.7. The third kappa shape index (κ3) is 6.03. The van der Waals surface area contributed by atoms with Crippen molar-refractivity contribution in [1.29, 1.82) is 0 Å². The molecule has 0 unspecified atom stereocenters. The molecule has 0 aliphatic rings. The van der Waals surface area contributed by atoms with E-state index < -0.39 is 11.4 Å². The van der Waals surface area contributed by atoms with Crippen molar-refractivity contribution < 1.29 is 4.74 Å². The average Bonchev–Trinajstić information content (AvgIpc) is 2.83. The van der Waals surface area contributed by atoms with Gasteiger partial charge in [0.05, 0.1) is 26.7 Å². The molecule has 2 aromatic carbocycles. The number of aliphatic imine (C=N–C) groups is 1. The predicted octanol–water partition coefficient (Wildman–Crippen LogP) is 0.782. The first-order valence-corrected chi connectivity index (χ1v) is 11.0. The number of likely N-dealkylation sites (N-methyl/N-ethyl adjacent to an activating group) is 1. The minimum Gasteiger partial charge on any atom is -0.497 e. The van der Waals surface area contributed by atoms with Gasteiger partial charge in [0, 0.05) is 13.6 Å². The number of aryl methyl sites for hydroxylation is 1. The van der Waals surface area contributed by atoms with Crippen LogP contribution in [0.4, 0.5) is 5.95 Å². The molecule has 4 N–H and O–H groups in total. The molecule has 0 fully saturated rings. The number of benzene rings is 2. The Balaban J connectivity index is 2.02. The van der Waals surface area contributed by atoms with Crippen LogP contribution < -0.4 is 32.5 Å². The molecule has 0 amide bonds. The Kier molecular flexibility index (Phi) is 8.07. The van der Waals surface area contributed by atoms with Gasteiger partial charge in [0.2, 0.25) is 5.95 Å². The van der Waals surface area contributed by atoms with E-state index >= 15 is 0 Å². The Labute approximate surface area is 198 Å². The molecule has 0 radical (unpaired) electrons. The van der Waals surface area contributed by atoms with Crippen molar-refractivity contribution in [3.63, 3.8) is 0 Å². The molecule has 180 valence electrons. The summed E-state index contributed by atoms with van der Waals surface area (Å²) in [6.07, 6.45) is 0.914. The quantitative estimate of drug-likeness (QED) is 0.334. The number of anilines is 1. The Morgan fingerprint density at radius 1 is 0.971 bits per heavy atom. The molecule has 0 atom stereocenters. The highest BCUT2D eigenvalue weighted by Crippen LogP contribution is 2.14. The van der Waals surface area contributed by atoms with Crippen LogP contribution in [0.2, 0.25) is 0 Å². The highest BCUT2D eigenvalue weighted by atomic mass is 16.5. The first kappa shape index (κ1) is 24.6. The van der Waals surface area contributed by atoms with Gasteiger partial charge >= 0.3 is 11.4 Å². The molecular weight excluding hydrogens is 434 g/mol. The molecule has 0 spiro atoms. The zero-order valence-corrected chi connectivity index (χ0v) is 19.8. The van der Waals surface area contributed by atoms with E-state index in [2.05, 4.69) is 16.9 Å². The zero-order valence-electron chi connectivity index (χ0n) is 19.8. The Morgan fingerprint density at radius 3 is 2.09 bits per heavy atom. The van der Waals surface area contributed by atoms with E-state index in [9.17, 15) is 9.59 Å². The van der Waals surface area contributed by atoms with E-state index in [0.717, 1.165) is 22.1 Å². The molecule has 0 aliphatic carbocycles. The minimum absolute atomic E-state index is 0.0264. The van der Waals surface area contributed by atoms with Gasteiger partial charge < -0.3 is 21.1 Å². The van der Waals surface area contributed by atoms with Gasteiger partial charge in [-0.15, -0.1) is 0 Å². The average molecular weight is 466 g/mol. The summed E-state index contributed by atoms with van der Waals surface area (Å²) in [6.45, 7) is 3.10. The van der Waals surface area contributed by atoms with Crippen molar-refractivity contribution in [2.45, 2.75) is 26.4 Å². The molecule has 1 heterocycles. The van der Waals surface area contributed by atoms with Crippen LogP contribution in [0.15, 0.2) is 63.1 Å². The van der Waals surface area contributed by atoms with Crippen LogP contribution in [0.3, 0.4) is 0 Å². The monoisotopic (exact) mass is 465 g/mol. The summed E-state index contributed by atoms with van der Waals surface area (Å²) in [5, 5.41) is 0. The standard InChI is InChI=1S/C24H31N7O3/c1-4-17-5-7-18(8-6-17)16-31-23(32)28-22(29(2)14-13-27-21(25)26)30(24(31)33)15-19-9-11-20(34-3)12-10-19/h5-12H,4,13-16H2,1-3H3,(H4,25,26,27). The number of nitrogens with zero attached hydrogens (tertiary/aromatic N) is 5. The molecule has 3 aromatic rings. The van der Waals surface area contributed by atoms with Gasteiger partial charge in [-0.3, -0.25) is 9.56 Å². The summed E-state index contributed by atoms with van der Waals surface area (Å²) >= 11 is 0. The van der Waals surface area contributed by atoms with E-state index in [0.29, 0.717) is 18.8 Å². The van der Waals surface area contributed by atoms with Gasteiger partial charge in [-0.05, 0) is 35.2 Å². The zero-order chi connectivity index (χ0) is 24.7. The minimum atomic E-state index is -0.612. The van der Waals surface area contributed by atoms with E-state index in [1.54, 1.807) is 19.1 Å². The fraction of sp³-hybridized carbons (Fsp3) is 0.333. The van der Waals surface area contributed by atoms with Gasteiger partial charge in [-0.25, -0.2) is 14.2 Å². The molecule has 0 saturated heterocycles. The number of aromatic nitrogens is 3. The van der Waals surface area contributed by atoms with Crippen LogP contribution in [-0.4, -0.2) is 47.3 Å². The van der Waals surface area contributed by atoms with Crippen LogP contribution in [0.5, 0.6) is 5.75 Å². The van der Waals surface area contributed by atoms with Crippen LogP contribution in [-0.2, 0) is 19.5 Å². The second-order valence-corrected chi connectivity index (χ2v) is 7.90. The third-order valence-electron chi connectivity index (χ3n) is 5.47. The lowest BCUT2D eigenvalue weighted by Crippen LogP contribution is -2.45. The van der Waals surface area contributed by atoms with Crippen LogP contribution in [0, 0.1) is 0 Å². The van der Waals surface area contributed by atoms with Gasteiger partial charge in [0.25, 0.3) is 0 Å². The SMILES string of the molecule is CCc1ccc(Cn2c(=O)nc(N(C)CCN=C(N)N)n(Cc3ccc(OC)cc3)c2=O)cc1. The van der Waals surface area contributed by atoms with Crippen molar-refractivity contribution in [2.75, 3.05) is 32.1 Å². The first-order chi connectivity index (χ1) is 16.3. The number of guanidine groups is 1. The summed E-state index contributed by atoms with van der Waals surface area (Å²) in [4.78, 5) is 36.3. The molecule has 0 saturated carbocycles. The molecule has 10 heteroatoms. The summed E-state index contributed by atoms with van der Waals surface area (Å²) in [5.74, 6) is 0.931. The third-order valence-corrected chi connectivity index (χ3v) is 5.47. The van der Waals surface area contributed by atoms with E-state index in [-0.39, 0.29) is 25.0 Å². The van der Waals surface area contributed by atoms with E-state index in [1.165, 1.54) is 10.1 Å². The van der Waals surface area contributed by atoms with Crippen molar-refractivity contribution in [3.8, 4) is 5.75 Å². The molecular formula is C24H31N7O3. The number of rotatable bonds is 10. The van der Waals surface area contributed by atoms with Crippen LogP contribution in [0.25, 0.3) is 0 Å². The van der Waals surface area contributed by atoms with Gasteiger partial charge in [0.1, 0.15) is 5.75 Å². The molecule has 3 rings (SSSR count). The number of nitrogens with two attached hydrogens (primary N) is 2. The summed E-state index contributed by atoms with van der Waals surface area (Å²) < 4.78 is 7.85. The van der Waals surface area contributed by atoms with Crippen molar-refractivity contribution in [3.05, 3.63) is 86.2 Å². The Bertz CT molecular complexity index is 1240. The molecule has 0 aliphatic heterocycles. The molecule has 10 nitrogen and oxygen atoms in total. The summed E-state index contributed by atoms with van der Waals surface area (Å²) in [7, 11) is 3.33. The number of methoxy groups -OCH3 is 1. The number of hydrogen-bond donors (Lipinski definition) is 2. The maximum absolute atomic E-state index is 13.5. The highest BCUT2D eigenvalue weighted by molar-refractivity contribution is 5.75. The maximum atomic E-state index is 13.5. The Hall–Kier alpha value is -4.08. The molecule has 1 aromatic heterocycles. The largest absolute Gasteiger partial charge is 0.497 e. The normalized spacial score (nSPS) is 10.7. The molecule has 34 heavy (non-hydrogen) atoms. The van der Waals surface area contributed by atoms with Crippen molar-refractivity contribution in [1.82, 2.24) is 14.1 Å². The highest BCUT2D eigenvalue weighted by Gasteiger charge is 2.17. The topological polar surface area (TPSA) is 134 Å². The van der Waals surface area contributed by atoms with Crippen molar-refractivity contribution in [2.24, 2.45) is 16.5 Å². The van der Waals surface area contributed by atoms with Crippen LogP contribution in [0.1, 0.15) is 23.6 Å². The smallest absolute Gasteiger partial charge is 0.355 e. The van der Waals surface area contributed by atoms with Crippen LogP contribution >= 0.6 is 0 Å². The van der Waals surface area contributed by atoms with E-state index in [1.807, 2.05) is 48.5 Å².